The van der Waals surface area contributed by atoms with Gasteiger partial charge in [0.25, 0.3) is 11.8 Å². The van der Waals surface area contributed by atoms with Crippen LogP contribution in [-0.2, 0) is 0 Å². The second kappa shape index (κ2) is 5.68. The van der Waals surface area contributed by atoms with Gasteiger partial charge in [-0.05, 0) is 45.0 Å². The molecule has 0 aromatic carbocycles. The summed E-state index contributed by atoms with van der Waals surface area (Å²) in [6.07, 6.45) is 4.78. The summed E-state index contributed by atoms with van der Waals surface area (Å²) >= 11 is 0. The molecular weight excluding hydrogens is 280 g/mol. The fraction of sp³-hybridized carbons (Fsp3) is 0.562. The fourth-order valence-corrected chi connectivity index (χ4v) is 3.82. The van der Waals surface area contributed by atoms with Crippen molar-refractivity contribution in [1.82, 2.24) is 14.8 Å². The van der Waals surface area contributed by atoms with Crippen LogP contribution in [-0.4, -0.2) is 59.8 Å². The Morgan fingerprint density at radius 1 is 1.27 bits per heavy atom. The van der Waals surface area contributed by atoms with Crippen LogP contribution in [0.15, 0.2) is 18.3 Å². The summed E-state index contributed by atoms with van der Waals surface area (Å²) in [5, 5.41) is 0. The van der Waals surface area contributed by atoms with Crippen molar-refractivity contribution >= 4 is 11.8 Å². The van der Waals surface area contributed by atoms with E-state index < -0.39 is 5.91 Å². The highest BCUT2D eigenvalue weighted by Crippen LogP contribution is 2.38. The average molecular weight is 302 g/mol. The minimum atomic E-state index is -0.656. The van der Waals surface area contributed by atoms with E-state index in [1.54, 1.807) is 12.1 Å². The number of pyridine rings is 1. The van der Waals surface area contributed by atoms with Crippen molar-refractivity contribution in [2.75, 3.05) is 33.2 Å². The summed E-state index contributed by atoms with van der Waals surface area (Å²) in [5.74, 6) is -0.785. The topological polar surface area (TPSA) is 79.5 Å². The van der Waals surface area contributed by atoms with Gasteiger partial charge in [0.2, 0.25) is 0 Å². The van der Waals surface area contributed by atoms with E-state index in [-0.39, 0.29) is 17.0 Å². The van der Waals surface area contributed by atoms with Crippen LogP contribution in [0.25, 0.3) is 0 Å². The van der Waals surface area contributed by atoms with E-state index >= 15 is 0 Å². The fourth-order valence-electron chi connectivity index (χ4n) is 3.82. The average Bonchev–Trinajstić information content (AvgIpc) is 2.86. The number of carbonyl (C=O) groups is 2. The number of nitrogens with zero attached hydrogens (tertiary/aromatic N) is 3. The molecule has 1 aromatic rings. The van der Waals surface area contributed by atoms with Crippen molar-refractivity contribution in [2.45, 2.75) is 19.3 Å². The third-order valence-electron chi connectivity index (χ3n) is 4.85. The SMILES string of the molecule is CN1CCC2(CCCN(C(=O)c3cccnc3C(N)=O)C2)C1. The van der Waals surface area contributed by atoms with Crippen LogP contribution in [0.1, 0.15) is 40.1 Å². The molecule has 2 saturated heterocycles. The molecule has 0 saturated carbocycles. The van der Waals surface area contributed by atoms with Crippen LogP contribution in [0.2, 0.25) is 0 Å². The van der Waals surface area contributed by atoms with Crippen molar-refractivity contribution in [2.24, 2.45) is 11.1 Å². The number of carbonyl (C=O) groups excluding carboxylic acids is 2. The zero-order chi connectivity index (χ0) is 15.7. The van der Waals surface area contributed by atoms with Crippen LogP contribution >= 0.6 is 0 Å². The number of hydrogen-bond acceptors (Lipinski definition) is 4. The van der Waals surface area contributed by atoms with Crippen LogP contribution in [0.3, 0.4) is 0 Å². The summed E-state index contributed by atoms with van der Waals surface area (Å²) in [6, 6.07) is 3.31. The van der Waals surface area contributed by atoms with Crippen molar-refractivity contribution in [3.63, 3.8) is 0 Å². The first-order valence-electron chi connectivity index (χ1n) is 7.73. The van der Waals surface area contributed by atoms with Gasteiger partial charge in [-0.2, -0.15) is 0 Å². The Kier molecular flexibility index (Phi) is 3.87. The smallest absolute Gasteiger partial charge is 0.268 e. The summed E-state index contributed by atoms with van der Waals surface area (Å²) in [5.41, 5.74) is 5.93. The predicted octanol–water partition coefficient (Wildman–Crippen LogP) is 0.738. The van der Waals surface area contributed by atoms with Gasteiger partial charge in [-0.1, -0.05) is 0 Å². The molecule has 118 valence electrons. The van der Waals surface area contributed by atoms with Gasteiger partial charge in [0.1, 0.15) is 5.69 Å². The number of hydrogen-bond donors (Lipinski definition) is 1. The molecular formula is C16H22N4O2. The summed E-state index contributed by atoms with van der Waals surface area (Å²) in [4.78, 5) is 32.5. The molecule has 22 heavy (non-hydrogen) atoms. The lowest BCUT2D eigenvalue weighted by Gasteiger charge is -2.40. The first kappa shape index (κ1) is 15.0. The van der Waals surface area contributed by atoms with E-state index in [0.717, 1.165) is 45.4 Å². The van der Waals surface area contributed by atoms with E-state index in [1.807, 2.05) is 4.90 Å². The number of rotatable bonds is 2. The van der Waals surface area contributed by atoms with Gasteiger partial charge < -0.3 is 15.5 Å². The summed E-state index contributed by atoms with van der Waals surface area (Å²) < 4.78 is 0. The molecule has 6 nitrogen and oxygen atoms in total. The van der Waals surface area contributed by atoms with Crippen molar-refractivity contribution in [3.05, 3.63) is 29.6 Å². The molecule has 0 aliphatic carbocycles. The Balaban J connectivity index is 1.82. The molecule has 1 unspecified atom stereocenters. The van der Waals surface area contributed by atoms with Gasteiger partial charge >= 0.3 is 0 Å². The second-order valence-corrected chi connectivity index (χ2v) is 6.58. The van der Waals surface area contributed by atoms with E-state index in [9.17, 15) is 9.59 Å². The lowest BCUT2D eigenvalue weighted by molar-refractivity contribution is 0.0531. The zero-order valence-corrected chi connectivity index (χ0v) is 12.9. The Bertz CT molecular complexity index is 600. The minimum absolute atomic E-state index is 0.0654. The van der Waals surface area contributed by atoms with Gasteiger partial charge in [-0.15, -0.1) is 0 Å². The normalized spacial score (nSPS) is 25.6. The van der Waals surface area contributed by atoms with Gasteiger partial charge in [0.15, 0.2) is 0 Å². The molecule has 2 aliphatic rings. The Morgan fingerprint density at radius 3 is 2.77 bits per heavy atom. The molecule has 6 heteroatoms. The minimum Gasteiger partial charge on any atom is -0.364 e. The Hall–Kier alpha value is -1.95. The highest BCUT2D eigenvalue weighted by atomic mass is 16.2. The number of nitrogens with two attached hydrogens (primary N) is 1. The highest BCUT2D eigenvalue weighted by molar-refractivity contribution is 6.05. The van der Waals surface area contributed by atoms with Gasteiger partial charge in [0, 0.05) is 31.2 Å². The molecule has 0 radical (unpaired) electrons. The summed E-state index contributed by atoms with van der Waals surface area (Å²) in [7, 11) is 2.13. The monoisotopic (exact) mass is 302 g/mol. The first-order valence-corrected chi connectivity index (χ1v) is 7.73. The molecule has 2 aliphatic heterocycles. The maximum absolute atomic E-state index is 12.8. The zero-order valence-electron chi connectivity index (χ0n) is 12.9. The largest absolute Gasteiger partial charge is 0.364 e. The van der Waals surface area contributed by atoms with Gasteiger partial charge in [0.05, 0.1) is 5.56 Å². The third-order valence-corrected chi connectivity index (χ3v) is 4.85. The molecule has 3 heterocycles. The van der Waals surface area contributed by atoms with E-state index in [4.69, 9.17) is 5.73 Å². The van der Waals surface area contributed by atoms with Crippen LogP contribution in [0.5, 0.6) is 0 Å². The van der Waals surface area contributed by atoms with Crippen LogP contribution < -0.4 is 5.73 Å². The van der Waals surface area contributed by atoms with Crippen molar-refractivity contribution < 1.29 is 9.59 Å². The molecule has 1 aromatic heterocycles. The summed E-state index contributed by atoms with van der Waals surface area (Å²) in [6.45, 7) is 3.61. The molecule has 2 fully saturated rings. The Morgan fingerprint density at radius 2 is 2.09 bits per heavy atom. The van der Waals surface area contributed by atoms with E-state index in [2.05, 4.69) is 16.9 Å². The molecule has 2 amide bonds. The Labute approximate surface area is 130 Å². The molecule has 0 bridgehead atoms. The third kappa shape index (κ3) is 2.70. The molecule has 2 N–H and O–H groups in total. The first-order chi connectivity index (χ1) is 10.5. The molecule has 1 atom stereocenters. The van der Waals surface area contributed by atoms with Crippen LogP contribution in [0.4, 0.5) is 0 Å². The standard InChI is InChI=1S/C16H22N4O2/c1-19-9-6-16(10-19)5-3-8-20(11-16)15(22)12-4-2-7-18-13(12)14(17)21/h2,4,7H,3,5-6,8-11H2,1H3,(H2,17,21). The number of piperidine rings is 1. The highest BCUT2D eigenvalue weighted by Gasteiger charge is 2.41. The number of amides is 2. The number of primary amides is 1. The second-order valence-electron chi connectivity index (χ2n) is 6.58. The maximum Gasteiger partial charge on any atom is 0.268 e. The van der Waals surface area contributed by atoms with Gasteiger partial charge in [-0.25, -0.2) is 0 Å². The van der Waals surface area contributed by atoms with E-state index in [1.165, 1.54) is 6.20 Å². The predicted molar refractivity (Wildman–Crippen MR) is 82.4 cm³/mol. The number of likely N-dealkylation sites (tertiary alicyclic amines) is 2. The maximum atomic E-state index is 12.8. The molecule has 1 spiro atoms. The lowest BCUT2D eigenvalue weighted by Crippen LogP contribution is -2.47. The molecule has 3 rings (SSSR count). The van der Waals surface area contributed by atoms with Crippen molar-refractivity contribution in [1.29, 1.82) is 0 Å². The lowest BCUT2D eigenvalue weighted by atomic mass is 9.79. The van der Waals surface area contributed by atoms with Crippen LogP contribution in [0, 0.1) is 5.41 Å². The quantitative estimate of drug-likeness (QED) is 0.874. The van der Waals surface area contributed by atoms with Crippen molar-refractivity contribution in [3.8, 4) is 0 Å². The van der Waals surface area contributed by atoms with E-state index in [0.29, 0.717) is 5.56 Å². The van der Waals surface area contributed by atoms with Gasteiger partial charge in [-0.3, -0.25) is 14.6 Å². The number of aromatic nitrogens is 1.